The highest BCUT2D eigenvalue weighted by atomic mass is 16.2. The van der Waals surface area contributed by atoms with Crippen molar-refractivity contribution in [2.24, 2.45) is 18.4 Å². The van der Waals surface area contributed by atoms with E-state index in [0.717, 1.165) is 50.0 Å². The summed E-state index contributed by atoms with van der Waals surface area (Å²) in [4.78, 5) is 20.4. The average molecular weight is 413 g/mol. The van der Waals surface area contributed by atoms with E-state index in [2.05, 4.69) is 45.6 Å². The molecule has 1 N–H and O–H groups in total. The van der Waals surface area contributed by atoms with E-state index in [4.69, 9.17) is 0 Å². The molecule has 0 unspecified atom stereocenters. The second-order valence-electron chi connectivity index (χ2n) is 9.64. The minimum Gasteiger partial charge on any atom is -0.351 e. The number of amides is 1. The van der Waals surface area contributed by atoms with Crippen molar-refractivity contribution in [1.29, 1.82) is 0 Å². The number of hydrogen-bond donors (Lipinski definition) is 1. The molecule has 2 bridgehead atoms. The van der Waals surface area contributed by atoms with Gasteiger partial charge in [0.15, 0.2) is 0 Å². The molecule has 2 aliphatic heterocycles. The second kappa shape index (κ2) is 8.53. The standard InChI is InChI=1S/C23H36N6O/c1-17(2)7-8-23(22(30)25-14-19-15-26-27(4)18(19)3)13-20-5-6-21(23)29(20)12-11-28-10-9-24-16-28/h9-10,15-17,20-21H,5-8,11-14H2,1-4H3,(H,25,30)/t20-,21+,23+/m1/s1. The largest absolute Gasteiger partial charge is 0.351 e. The molecular weight excluding hydrogens is 376 g/mol. The lowest BCUT2D eigenvalue weighted by Crippen LogP contribution is -2.49. The van der Waals surface area contributed by atoms with Crippen molar-refractivity contribution in [2.45, 2.75) is 78.0 Å². The topological polar surface area (TPSA) is 68.0 Å². The summed E-state index contributed by atoms with van der Waals surface area (Å²) in [6.07, 6.45) is 13.0. The predicted octanol–water partition coefficient (Wildman–Crippen LogP) is 2.90. The third-order valence-corrected chi connectivity index (χ3v) is 7.45. The van der Waals surface area contributed by atoms with E-state index in [-0.39, 0.29) is 11.3 Å². The van der Waals surface area contributed by atoms with Crippen LogP contribution in [0, 0.1) is 18.3 Å². The number of rotatable bonds is 9. The molecule has 30 heavy (non-hydrogen) atoms. The van der Waals surface area contributed by atoms with Gasteiger partial charge in [-0.2, -0.15) is 5.10 Å². The fraction of sp³-hybridized carbons (Fsp3) is 0.696. The van der Waals surface area contributed by atoms with Crippen LogP contribution in [0.2, 0.25) is 0 Å². The summed E-state index contributed by atoms with van der Waals surface area (Å²) in [6, 6.07) is 0.872. The molecule has 2 saturated heterocycles. The third-order valence-electron chi connectivity index (χ3n) is 7.45. The van der Waals surface area contributed by atoms with Gasteiger partial charge >= 0.3 is 0 Å². The van der Waals surface area contributed by atoms with Crippen molar-refractivity contribution in [3.8, 4) is 0 Å². The van der Waals surface area contributed by atoms with Crippen molar-refractivity contribution in [3.63, 3.8) is 0 Å². The van der Waals surface area contributed by atoms with E-state index < -0.39 is 0 Å². The lowest BCUT2D eigenvalue weighted by Gasteiger charge is -2.37. The first-order valence-corrected chi connectivity index (χ1v) is 11.4. The van der Waals surface area contributed by atoms with E-state index >= 15 is 0 Å². The molecule has 2 aromatic heterocycles. The first-order valence-electron chi connectivity index (χ1n) is 11.4. The Morgan fingerprint density at radius 3 is 2.83 bits per heavy atom. The Kier molecular flexibility index (Phi) is 6.00. The maximum absolute atomic E-state index is 13.7. The molecule has 3 atom stereocenters. The van der Waals surface area contributed by atoms with Gasteiger partial charge in [-0.3, -0.25) is 14.4 Å². The minimum absolute atomic E-state index is 0.242. The number of aryl methyl sites for hydroxylation is 1. The SMILES string of the molecule is Cc1c(CNC(=O)[C@@]2(CCC(C)C)C[C@H]3CC[C@@H]2N3CCn2ccnc2)cnn1C. The molecule has 1 amide bonds. The van der Waals surface area contributed by atoms with Crippen molar-refractivity contribution in [1.82, 2.24) is 29.5 Å². The molecule has 2 aromatic rings. The summed E-state index contributed by atoms with van der Waals surface area (Å²) >= 11 is 0. The van der Waals surface area contributed by atoms with Gasteiger partial charge in [-0.1, -0.05) is 13.8 Å². The van der Waals surface area contributed by atoms with Crippen LogP contribution in [0.3, 0.4) is 0 Å². The van der Waals surface area contributed by atoms with Gasteiger partial charge in [0.2, 0.25) is 5.91 Å². The quantitative estimate of drug-likeness (QED) is 0.688. The van der Waals surface area contributed by atoms with Crippen molar-refractivity contribution >= 4 is 5.91 Å². The van der Waals surface area contributed by atoms with Gasteiger partial charge in [0.05, 0.1) is 17.9 Å². The smallest absolute Gasteiger partial charge is 0.228 e. The zero-order chi connectivity index (χ0) is 21.3. The van der Waals surface area contributed by atoms with Gasteiger partial charge in [0.25, 0.3) is 0 Å². The Bertz CT molecular complexity index is 857. The number of aromatic nitrogens is 4. The normalized spacial score (nSPS) is 26.0. The van der Waals surface area contributed by atoms with Crippen LogP contribution in [0.4, 0.5) is 0 Å². The van der Waals surface area contributed by atoms with Crippen LogP contribution in [-0.4, -0.2) is 48.8 Å². The zero-order valence-corrected chi connectivity index (χ0v) is 18.8. The highest BCUT2D eigenvalue weighted by Gasteiger charge is 2.58. The van der Waals surface area contributed by atoms with Gasteiger partial charge in [-0.25, -0.2) is 4.98 Å². The van der Waals surface area contributed by atoms with Crippen LogP contribution in [0.15, 0.2) is 24.9 Å². The van der Waals surface area contributed by atoms with E-state index in [1.165, 1.54) is 6.42 Å². The number of nitrogens with zero attached hydrogens (tertiary/aromatic N) is 5. The van der Waals surface area contributed by atoms with E-state index in [0.29, 0.717) is 24.5 Å². The number of nitrogens with one attached hydrogen (secondary N) is 1. The first kappa shape index (κ1) is 21.1. The molecule has 0 spiro atoms. The van der Waals surface area contributed by atoms with Gasteiger partial charge in [-0.05, 0) is 44.9 Å². The Morgan fingerprint density at radius 2 is 2.17 bits per heavy atom. The lowest BCUT2D eigenvalue weighted by atomic mass is 9.69. The van der Waals surface area contributed by atoms with Crippen LogP contribution < -0.4 is 5.32 Å². The van der Waals surface area contributed by atoms with E-state index in [1.54, 1.807) is 0 Å². The lowest BCUT2D eigenvalue weighted by molar-refractivity contribution is -0.133. The van der Waals surface area contributed by atoms with Crippen LogP contribution in [-0.2, 0) is 24.9 Å². The molecule has 4 heterocycles. The van der Waals surface area contributed by atoms with Crippen molar-refractivity contribution in [2.75, 3.05) is 6.54 Å². The number of imidazole rings is 1. The molecule has 7 nitrogen and oxygen atoms in total. The molecule has 0 radical (unpaired) electrons. The third kappa shape index (κ3) is 3.92. The highest BCUT2D eigenvalue weighted by Crippen LogP contribution is 2.52. The molecule has 2 fully saturated rings. The Morgan fingerprint density at radius 1 is 1.33 bits per heavy atom. The van der Waals surface area contributed by atoms with Gasteiger partial charge in [0, 0.05) is 62.4 Å². The Hall–Kier alpha value is -2.15. The number of hydrogen-bond acceptors (Lipinski definition) is 4. The van der Waals surface area contributed by atoms with Gasteiger partial charge < -0.3 is 9.88 Å². The summed E-state index contributed by atoms with van der Waals surface area (Å²) in [5.74, 6) is 0.847. The predicted molar refractivity (Wildman–Crippen MR) is 117 cm³/mol. The Labute approximate surface area is 179 Å². The van der Waals surface area contributed by atoms with Gasteiger partial charge in [0.1, 0.15) is 0 Å². The second-order valence-corrected chi connectivity index (χ2v) is 9.64. The Balaban J connectivity index is 1.48. The maximum atomic E-state index is 13.7. The molecule has 2 aliphatic rings. The van der Waals surface area contributed by atoms with Crippen LogP contribution in [0.25, 0.3) is 0 Å². The van der Waals surface area contributed by atoms with Crippen molar-refractivity contribution < 1.29 is 4.79 Å². The first-order chi connectivity index (χ1) is 14.4. The summed E-state index contributed by atoms with van der Waals surface area (Å²) in [7, 11) is 1.94. The molecule has 0 aromatic carbocycles. The molecule has 0 aliphatic carbocycles. The molecular formula is C23H36N6O. The monoisotopic (exact) mass is 412 g/mol. The zero-order valence-electron chi connectivity index (χ0n) is 18.8. The summed E-state index contributed by atoms with van der Waals surface area (Å²) in [5, 5.41) is 7.62. The maximum Gasteiger partial charge on any atom is 0.228 e. The van der Waals surface area contributed by atoms with Gasteiger partial charge in [-0.15, -0.1) is 0 Å². The molecule has 4 rings (SSSR count). The van der Waals surface area contributed by atoms with E-state index in [1.807, 2.05) is 36.6 Å². The average Bonchev–Trinajstić information content (AvgIpc) is 3.49. The summed E-state index contributed by atoms with van der Waals surface area (Å²) in [6.45, 7) is 9.06. The summed E-state index contributed by atoms with van der Waals surface area (Å²) in [5.41, 5.74) is 1.95. The molecule has 0 saturated carbocycles. The van der Waals surface area contributed by atoms with Crippen LogP contribution >= 0.6 is 0 Å². The number of fused-ring (bicyclic) bond motifs is 2. The fourth-order valence-electron chi connectivity index (χ4n) is 5.54. The van der Waals surface area contributed by atoms with Crippen LogP contribution in [0.1, 0.15) is 57.2 Å². The number of carbonyl (C=O) groups is 1. The molecule has 7 heteroatoms. The fourth-order valence-corrected chi connectivity index (χ4v) is 5.54. The molecule has 164 valence electrons. The van der Waals surface area contributed by atoms with E-state index in [9.17, 15) is 4.79 Å². The highest BCUT2D eigenvalue weighted by molar-refractivity contribution is 5.84. The minimum atomic E-state index is -0.266. The van der Waals surface area contributed by atoms with Crippen LogP contribution in [0.5, 0.6) is 0 Å². The van der Waals surface area contributed by atoms with Crippen molar-refractivity contribution in [3.05, 3.63) is 36.2 Å². The summed E-state index contributed by atoms with van der Waals surface area (Å²) < 4.78 is 4.00. The number of carbonyl (C=O) groups excluding carboxylic acids is 1.